The summed E-state index contributed by atoms with van der Waals surface area (Å²) < 4.78 is 44.7. The molecule has 140 valence electrons. The number of nitrogens with zero attached hydrogens (tertiary/aromatic N) is 1. The molecule has 1 aliphatic heterocycles. The van der Waals surface area contributed by atoms with Crippen molar-refractivity contribution < 1.29 is 22.3 Å². The largest absolute Gasteiger partial charge is 0.377 e. The minimum Gasteiger partial charge on any atom is -0.377 e. The third-order valence-corrected chi connectivity index (χ3v) is 6.14. The number of ether oxygens (including phenoxy) is 1. The molecule has 0 saturated carbocycles. The molecule has 1 aliphatic rings. The smallest absolute Gasteiger partial charge is 0.284 e. The molecule has 1 unspecified atom stereocenters. The number of carbonyl (C=O) groups is 1. The molecule has 1 fully saturated rings. The Hall–Kier alpha value is -1.84. The molecule has 1 saturated heterocycles. The molecule has 0 radical (unpaired) electrons. The van der Waals surface area contributed by atoms with E-state index in [0.717, 1.165) is 18.4 Å². The molecule has 6 nitrogen and oxygen atoms in total. The predicted molar refractivity (Wildman–Crippen MR) is 96.2 cm³/mol. The minimum atomic E-state index is -3.78. The third-order valence-electron chi connectivity index (χ3n) is 3.98. The van der Waals surface area contributed by atoms with Crippen LogP contribution >= 0.6 is 11.3 Å². The highest BCUT2D eigenvalue weighted by Crippen LogP contribution is 2.17. The number of benzene rings is 1. The lowest BCUT2D eigenvalue weighted by atomic mass is 10.1. The Kier molecular flexibility index (Phi) is 6.00. The minimum absolute atomic E-state index is 0.0558. The normalized spacial score (nSPS) is 17.8. The molecule has 1 aromatic heterocycles. The van der Waals surface area contributed by atoms with E-state index < -0.39 is 15.9 Å². The average Bonchev–Trinajstić information content (AvgIpc) is 3.06. The van der Waals surface area contributed by atoms with E-state index in [1.165, 1.54) is 28.8 Å². The summed E-state index contributed by atoms with van der Waals surface area (Å²) in [5.41, 5.74) is 0.912. The van der Waals surface area contributed by atoms with Crippen LogP contribution in [0.25, 0.3) is 0 Å². The van der Waals surface area contributed by atoms with Gasteiger partial charge in [0.15, 0.2) is 0 Å². The van der Waals surface area contributed by atoms with Gasteiger partial charge in [-0.3, -0.25) is 4.79 Å². The Labute approximate surface area is 155 Å². The molecule has 0 spiro atoms. The van der Waals surface area contributed by atoms with Gasteiger partial charge in [0, 0.05) is 18.4 Å². The molecule has 9 heteroatoms. The van der Waals surface area contributed by atoms with Gasteiger partial charge in [-0.2, -0.15) is 0 Å². The van der Waals surface area contributed by atoms with Crippen LogP contribution in [0.5, 0.6) is 0 Å². The van der Waals surface area contributed by atoms with Crippen molar-refractivity contribution in [1.29, 1.82) is 0 Å². The van der Waals surface area contributed by atoms with Crippen molar-refractivity contribution in [1.82, 2.24) is 9.71 Å². The average molecular weight is 398 g/mol. The number of halogens is 1. The van der Waals surface area contributed by atoms with Crippen molar-refractivity contribution in [2.24, 2.45) is 0 Å². The van der Waals surface area contributed by atoms with Gasteiger partial charge in [0.1, 0.15) is 11.5 Å². The topological polar surface area (TPSA) is 85.4 Å². The lowest BCUT2D eigenvalue weighted by Crippen LogP contribution is -2.38. The summed E-state index contributed by atoms with van der Waals surface area (Å²) >= 11 is 1.25. The second-order valence-corrected chi connectivity index (χ2v) is 8.84. The summed E-state index contributed by atoms with van der Waals surface area (Å²) in [6.07, 6.45) is 2.60. The van der Waals surface area contributed by atoms with E-state index in [9.17, 15) is 17.6 Å². The molecule has 2 aromatic rings. The first-order valence-electron chi connectivity index (χ1n) is 8.26. The summed E-state index contributed by atoms with van der Waals surface area (Å²) in [6.45, 7) is 0.549. The van der Waals surface area contributed by atoms with Crippen molar-refractivity contribution in [3.05, 3.63) is 51.7 Å². The first-order valence-corrected chi connectivity index (χ1v) is 10.8. The number of aromatic nitrogens is 1. The number of hydrogen-bond acceptors (Lipinski definition) is 6. The van der Waals surface area contributed by atoms with Gasteiger partial charge < -0.3 is 4.74 Å². The van der Waals surface area contributed by atoms with Crippen LogP contribution in [0.15, 0.2) is 29.6 Å². The van der Waals surface area contributed by atoms with Crippen LogP contribution in [-0.4, -0.2) is 37.8 Å². The zero-order chi connectivity index (χ0) is 18.6. The van der Waals surface area contributed by atoms with Crippen LogP contribution in [0.2, 0.25) is 0 Å². The summed E-state index contributed by atoms with van der Waals surface area (Å²) in [4.78, 5) is 16.4. The lowest BCUT2D eigenvalue weighted by molar-refractivity contribution is 0.0304. The number of hydrogen-bond donors (Lipinski definition) is 1. The van der Waals surface area contributed by atoms with Crippen molar-refractivity contribution in [3.63, 3.8) is 0 Å². The fraction of sp³-hybridized carbons (Fsp3) is 0.412. The summed E-state index contributed by atoms with van der Waals surface area (Å²) in [7, 11) is -3.78. The second-order valence-electron chi connectivity index (χ2n) is 6.13. The van der Waals surface area contributed by atoms with E-state index in [0.29, 0.717) is 24.5 Å². The van der Waals surface area contributed by atoms with Gasteiger partial charge in [0.05, 0.1) is 16.9 Å². The molecular weight excluding hydrogens is 379 g/mol. The first kappa shape index (κ1) is 18.9. The van der Waals surface area contributed by atoms with E-state index in [1.54, 1.807) is 12.1 Å². The third kappa shape index (κ3) is 5.33. The summed E-state index contributed by atoms with van der Waals surface area (Å²) in [5, 5.41) is 2.16. The first-order chi connectivity index (χ1) is 12.4. The Morgan fingerprint density at radius 1 is 1.31 bits per heavy atom. The van der Waals surface area contributed by atoms with E-state index in [1.807, 2.05) is 0 Å². The van der Waals surface area contributed by atoms with Crippen LogP contribution in [0.3, 0.4) is 0 Å². The quantitative estimate of drug-likeness (QED) is 0.808. The maximum atomic E-state index is 12.9. The Morgan fingerprint density at radius 3 is 2.77 bits per heavy atom. The monoisotopic (exact) mass is 398 g/mol. The number of amides is 1. The van der Waals surface area contributed by atoms with Gasteiger partial charge in [-0.05, 0) is 37.0 Å². The number of sulfonamides is 1. The lowest BCUT2D eigenvalue weighted by Gasteiger charge is -2.22. The van der Waals surface area contributed by atoms with E-state index in [2.05, 4.69) is 9.71 Å². The van der Waals surface area contributed by atoms with Crippen LogP contribution in [0, 0.1) is 5.82 Å². The molecule has 0 aliphatic carbocycles. The Balaban J connectivity index is 1.59. The van der Waals surface area contributed by atoms with Crippen molar-refractivity contribution >= 4 is 27.3 Å². The van der Waals surface area contributed by atoms with Gasteiger partial charge >= 0.3 is 0 Å². The molecule has 3 rings (SSSR count). The maximum Gasteiger partial charge on any atom is 0.284 e. The maximum absolute atomic E-state index is 12.9. The molecule has 1 aromatic carbocycles. The number of rotatable bonds is 6. The molecule has 2 heterocycles. The van der Waals surface area contributed by atoms with E-state index >= 15 is 0 Å². The highest BCUT2D eigenvalue weighted by molar-refractivity contribution is 7.90. The van der Waals surface area contributed by atoms with Gasteiger partial charge in [0.25, 0.3) is 5.91 Å². The van der Waals surface area contributed by atoms with Gasteiger partial charge in [-0.15, -0.1) is 11.3 Å². The van der Waals surface area contributed by atoms with E-state index in [4.69, 9.17) is 4.74 Å². The highest BCUT2D eigenvalue weighted by atomic mass is 32.2. The van der Waals surface area contributed by atoms with Crippen molar-refractivity contribution in [2.45, 2.75) is 31.8 Å². The van der Waals surface area contributed by atoms with Crippen LogP contribution < -0.4 is 4.72 Å². The fourth-order valence-corrected chi connectivity index (χ4v) is 4.72. The molecule has 0 bridgehead atoms. The Morgan fingerprint density at radius 2 is 2.08 bits per heavy atom. The van der Waals surface area contributed by atoms with Crippen LogP contribution in [0.1, 0.15) is 40.3 Å². The second kappa shape index (κ2) is 8.24. The molecule has 26 heavy (non-hydrogen) atoms. The Bertz CT molecular complexity index is 859. The van der Waals surface area contributed by atoms with Crippen LogP contribution in [0.4, 0.5) is 4.39 Å². The van der Waals surface area contributed by atoms with Crippen molar-refractivity contribution in [2.75, 3.05) is 12.4 Å². The van der Waals surface area contributed by atoms with E-state index in [-0.39, 0.29) is 23.4 Å². The SMILES string of the molecule is O=C(NS(=O)(=O)CC1CCCCO1)c1csc(Cc2ccc(F)cc2)n1. The van der Waals surface area contributed by atoms with Gasteiger partial charge in [-0.25, -0.2) is 22.5 Å². The molecular formula is C17H19FN2O4S2. The molecule has 1 amide bonds. The standard InChI is InChI=1S/C17H19FN2O4S2/c18-13-6-4-12(5-7-13)9-16-19-15(10-25-16)17(21)20-26(22,23)11-14-3-1-2-8-24-14/h4-7,10,14H,1-3,8-9,11H2,(H,20,21). The number of thiazole rings is 1. The fourth-order valence-electron chi connectivity index (χ4n) is 2.69. The highest BCUT2D eigenvalue weighted by Gasteiger charge is 2.25. The number of carbonyl (C=O) groups excluding carboxylic acids is 1. The zero-order valence-electron chi connectivity index (χ0n) is 14.0. The van der Waals surface area contributed by atoms with Gasteiger partial charge in [-0.1, -0.05) is 12.1 Å². The predicted octanol–water partition coefficient (Wildman–Crippen LogP) is 2.50. The van der Waals surface area contributed by atoms with Crippen molar-refractivity contribution in [3.8, 4) is 0 Å². The summed E-state index contributed by atoms with van der Waals surface area (Å²) in [5.74, 6) is -1.30. The molecule has 1 N–H and O–H groups in total. The number of nitrogens with one attached hydrogen (secondary N) is 1. The van der Waals surface area contributed by atoms with Crippen LogP contribution in [-0.2, 0) is 21.2 Å². The summed E-state index contributed by atoms with van der Waals surface area (Å²) in [6, 6.07) is 6.00. The molecule has 1 atom stereocenters. The zero-order valence-corrected chi connectivity index (χ0v) is 15.6. The van der Waals surface area contributed by atoms with Gasteiger partial charge in [0.2, 0.25) is 10.0 Å².